The van der Waals surface area contributed by atoms with Gasteiger partial charge >= 0.3 is 5.97 Å². The van der Waals surface area contributed by atoms with Crippen LogP contribution in [0.15, 0.2) is 30.5 Å². The van der Waals surface area contributed by atoms with E-state index in [4.69, 9.17) is 5.11 Å². The number of carboxylic acid groups (broad SMARTS) is 1. The van der Waals surface area contributed by atoms with Gasteiger partial charge in [0.25, 0.3) is 0 Å². The van der Waals surface area contributed by atoms with Gasteiger partial charge in [0.05, 0.1) is 5.92 Å². The molecule has 1 amide bonds. The van der Waals surface area contributed by atoms with E-state index in [0.29, 0.717) is 31.8 Å². The highest BCUT2D eigenvalue weighted by Crippen LogP contribution is 2.36. The van der Waals surface area contributed by atoms with Crippen LogP contribution in [0.1, 0.15) is 37.7 Å². The average molecular weight is 326 g/mol. The first-order chi connectivity index (χ1) is 11.6. The number of fused-ring (bicyclic) bond motifs is 1. The summed E-state index contributed by atoms with van der Waals surface area (Å²) in [4.78, 5) is 29.3. The fraction of sp³-hybridized carbons (Fsp3) is 0.474. The molecule has 0 aliphatic heterocycles. The van der Waals surface area contributed by atoms with Gasteiger partial charge in [-0.25, -0.2) is 0 Å². The number of rotatable bonds is 5. The van der Waals surface area contributed by atoms with Crippen molar-refractivity contribution < 1.29 is 14.7 Å². The third kappa shape index (κ3) is 2.90. The van der Waals surface area contributed by atoms with E-state index in [-0.39, 0.29) is 17.7 Å². The van der Waals surface area contributed by atoms with E-state index in [1.54, 1.807) is 0 Å². The molecule has 2 aliphatic carbocycles. The van der Waals surface area contributed by atoms with E-state index >= 15 is 0 Å². The van der Waals surface area contributed by atoms with Crippen LogP contribution >= 0.6 is 0 Å². The largest absolute Gasteiger partial charge is 0.481 e. The summed E-state index contributed by atoms with van der Waals surface area (Å²) in [6.45, 7) is 0.624. The lowest BCUT2D eigenvalue weighted by atomic mass is 10.0. The van der Waals surface area contributed by atoms with Crippen LogP contribution in [0, 0.1) is 11.8 Å². The van der Waals surface area contributed by atoms with Crippen molar-refractivity contribution in [2.24, 2.45) is 11.8 Å². The Morgan fingerprint density at radius 1 is 1.12 bits per heavy atom. The van der Waals surface area contributed by atoms with Gasteiger partial charge in [0.2, 0.25) is 5.91 Å². The first-order valence-corrected chi connectivity index (χ1v) is 8.71. The van der Waals surface area contributed by atoms with Crippen molar-refractivity contribution in [1.29, 1.82) is 0 Å². The van der Waals surface area contributed by atoms with Gasteiger partial charge in [-0.05, 0) is 61.3 Å². The summed E-state index contributed by atoms with van der Waals surface area (Å²) in [5.74, 6) is -1.09. The zero-order valence-electron chi connectivity index (χ0n) is 13.6. The molecule has 2 fully saturated rings. The molecule has 0 unspecified atom stereocenters. The second-order valence-corrected chi connectivity index (χ2v) is 7.14. The maximum absolute atomic E-state index is 12.9. The molecule has 5 nitrogen and oxygen atoms in total. The first-order valence-electron chi connectivity index (χ1n) is 8.71. The Labute approximate surface area is 140 Å². The zero-order chi connectivity index (χ0) is 16.7. The molecule has 0 radical (unpaired) electrons. The Balaban J connectivity index is 1.50. The van der Waals surface area contributed by atoms with Gasteiger partial charge in [-0.15, -0.1) is 0 Å². The number of hydrogen-bond acceptors (Lipinski definition) is 2. The monoisotopic (exact) mass is 326 g/mol. The SMILES string of the molecule is O=C(O)[C@H]1CC[C@@H](C(=O)N(Cc2ccc3[nH]ccc3c2)C2CC2)C1. The minimum absolute atomic E-state index is 0.123. The molecule has 4 rings (SSSR count). The lowest BCUT2D eigenvalue weighted by Crippen LogP contribution is -2.36. The Kier molecular flexibility index (Phi) is 3.79. The van der Waals surface area contributed by atoms with Crippen LogP contribution in [0.5, 0.6) is 0 Å². The number of nitrogens with one attached hydrogen (secondary N) is 1. The van der Waals surface area contributed by atoms with Crippen LogP contribution in [-0.2, 0) is 16.1 Å². The molecule has 0 spiro atoms. The molecule has 2 aromatic rings. The highest BCUT2D eigenvalue weighted by molar-refractivity contribution is 5.82. The number of hydrogen-bond donors (Lipinski definition) is 2. The van der Waals surface area contributed by atoms with Crippen molar-refractivity contribution in [3.05, 3.63) is 36.0 Å². The van der Waals surface area contributed by atoms with Crippen molar-refractivity contribution in [2.45, 2.75) is 44.7 Å². The number of aliphatic carboxylic acids is 1. The van der Waals surface area contributed by atoms with E-state index in [2.05, 4.69) is 23.2 Å². The molecule has 126 valence electrons. The van der Waals surface area contributed by atoms with Crippen molar-refractivity contribution in [3.8, 4) is 0 Å². The summed E-state index contributed by atoms with van der Waals surface area (Å²) in [6.07, 6.45) is 5.87. The van der Waals surface area contributed by atoms with Crippen molar-refractivity contribution in [3.63, 3.8) is 0 Å². The Hall–Kier alpha value is -2.30. The number of amides is 1. The van der Waals surface area contributed by atoms with E-state index in [1.807, 2.05) is 17.2 Å². The summed E-state index contributed by atoms with van der Waals surface area (Å²) in [5.41, 5.74) is 2.23. The normalized spacial score (nSPS) is 23.5. The second-order valence-electron chi connectivity index (χ2n) is 7.14. The molecular weight excluding hydrogens is 304 g/mol. The maximum atomic E-state index is 12.9. The number of carboxylic acids is 1. The van der Waals surface area contributed by atoms with Gasteiger partial charge in [-0.3, -0.25) is 9.59 Å². The molecule has 1 aromatic heterocycles. The molecule has 0 bridgehead atoms. The van der Waals surface area contributed by atoms with Gasteiger partial charge in [-0.2, -0.15) is 0 Å². The summed E-state index contributed by atoms with van der Waals surface area (Å²) in [6, 6.07) is 8.62. The Bertz CT molecular complexity index is 778. The minimum Gasteiger partial charge on any atom is -0.481 e. The number of benzene rings is 1. The highest BCUT2D eigenvalue weighted by Gasteiger charge is 2.40. The average Bonchev–Trinajstić information content (AvgIpc) is 3.11. The van der Waals surface area contributed by atoms with Gasteiger partial charge in [0.1, 0.15) is 0 Å². The topological polar surface area (TPSA) is 73.4 Å². The zero-order valence-corrected chi connectivity index (χ0v) is 13.6. The molecule has 5 heteroatoms. The third-order valence-corrected chi connectivity index (χ3v) is 5.37. The fourth-order valence-electron chi connectivity index (χ4n) is 3.84. The molecule has 24 heavy (non-hydrogen) atoms. The van der Waals surface area contributed by atoms with Crippen LogP contribution in [0.3, 0.4) is 0 Å². The number of carbonyl (C=O) groups is 2. The van der Waals surface area contributed by atoms with Crippen LogP contribution in [0.25, 0.3) is 10.9 Å². The van der Waals surface area contributed by atoms with Gasteiger partial charge in [0.15, 0.2) is 0 Å². The number of H-pyrrole nitrogens is 1. The first kappa shape index (κ1) is 15.2. The second kappa shape index (κ2) is 5.96. The smallest absolute Gasteiger partial charge is 0.306 e. The van der Waals surface area contributed by atoms with Crippen LogP contribution in [0.2, 0.25) is 0 Å². The van der Waals surface area contributed by atoms with Crippen molar-refractivity contribution in [2.75, 3.05) is 0 Å². The fourth-order valence-corrected chi connectivity index (χ4v) is 3.84. The van der Waals surface area contributed by atoms with Crippen LogP contribution in [-0.4, -0.2) is 32.9 Å². The highest BCUT2D eigenvalue weighted by atomic mass is 16.4. The number of aromatic amines is 1. The molecule has 0 saturated heterocycles. The molecule has 2 N–H and O–H groups in total. The number of aromatic nitrogens is 1. The molecule has 2 aliphatic rings. The lowest BCUT2D eigenvalue weighted by Gasteiger charge is -2.26. The molecule has 1 heterocycles. The van der Waals surface area contributed by atoms with E-state index in [0.717, 1.165) is 29.3 Å². The molecular formula is C19H22N2O3. The summed E-state index contributed by atoms with van der Waals surface area (Å²) >= 11 is 0. The van der Waals surface area contributed by atoms with Crippen molar-refractivity contribution >= 4 is 22.8 Å². The molecule has 2 saturated carbocycles. The van der Waals surface area contributed by atoms with Crippen molar-refractivity contribution in [1.82, 2.24) is 9.88 Å². The quantitative estimate of drug-likeness (QED) is 0.886. The number of carbonyl (C=O) groups excluding carboxylic acids is 1. The maximum Gasteiger partial charge on any atom is 0.306 e. The van der Waals surface area contributed by atoms with Crippen LogP contribution < -0.4 is 0 Å². The molecule has 2 atom stereocenters. The molecule has 1 aromatic carbocycles. The Morgan fingerprint density at radius 2 is 1.92 bits per heavy atom. The van der Waals surface area contributed by atoms with Gasteiger partial charge < -0.3 is 15.0 Å². The number of nitrogens with zero attached hydrogens (tertiary/aromatic N) is 1. The van der Waals surface area contributed by atoms with Gasteiger partial charge in [-0.1, -0.05) is 6.07 Å². The van der Waals surface area contributed by atoms with Crippen LogP contribution in [0.4, 0.5) is 0 Å². The standard InChI is InChI=1S/C19H22N2O3/c22-18(14-2-3-15(10-14)19(23)24)21(16-4-5-16)11-12-1-6-17-13(9-12)7-8-20-17/h1,6-9,14-16,20H,2-5,10-11H2,(H,23,24)/t14-,15+/m1/s1. The summed E-state index contributed by atoms with van der Waals surface area (Å²) < 4.78 is 0. The van der Waals surface area contributed by atoms with E-state index < -0.39 is 5.97 Å². The summed E-state index contributed by atoms with van der Waals surface area (Å²) in [5, 5.41) is 10.3. The van der Waals surface area contributed by atoms with E-state index in [1.165, 1.54) is 0 Å². The summed E-state index contributed by atoms with van der Waals surface area (Å²) in [7, 11) is 0. The Morgan fingerprint density at radius 3 is 2.62 bits per heavy atom. The van der Waals surface area contributed by atoms with E-state index in [9.17, 15) is 9.59 Å². The third-order valence-electron chi connectivity index (χ3n) is 5.37. The predicted molar refractivity (Wildman–Crippen MR) is 90.3 cm³/mol. The lowest BCUT2D eigenvalue weighted by molar-refractivity contribution is -0.141. The minimum atomic E-state index is -0.763. The predicted octanol–water partition coefficient (Wildman–Crippen LogP) is 3.16. The van der Waals surface area contributed by atoms with Gasteiger partial charge in [0, 0.05) is 30.2 Å².